The predicted molar refractivity (Wildman–Crippen MR) is 76.2 cm³/mol. The quantitative estimate of drug-likeness (QED) is 0.781. The maximum atomic E-state index is 12.1. The van der Waals surface area contributed by atoms with Gasteiger partial charge in [0, 0.05) is 11.6 Å². The average molecular weight is 257 g/mol. The topological polar surface area (TPSA) is 37.4 Å². The van der Waals surface area contributed by atoms with Crippen LogP contribution in [-0.2, 0) is 22.4 Å². The summed E-state index contributed by atoms with van der Waals surface area (Å²) in [5, 5.41) is 0. The van der Waals surface area contributed by atoms with Gasteiger partial charge in [0.25, 0.3) is 11.8 Å². The van der Waals surface area contributed by atoms with Crippen LogP contribution in [0.5, 0.6) is 0 Å². The molecule has 0 radical (unpaired) electrons. The lowest BCUT2D eigenvalue weighted by molar-refractivity contribution is -0.120. The molecular formula is C16H19NO2. The molecule has 0 fully saturated rings. The van der Waals surface area contributed by atoms with E-state index in [1.807, 2.05) is 13.8 Å². The molecule has 0 bridgehead atoms. The lowest BCUT2D eigenvalue weighted by atomic mass is 9.99. The van der Waals surface area contributed by atoms with Crippen molar-refractivity contribution in [2.45, 2.75) is 40.5 Å². The van der Waals surface area contributed by atoms with E-state index in [2.05, 4.69) is 19.1 Å². The molecule has 3 heteroatoms. The number of carbonyl (C=O) groups is 2. The molecule has 3 nitrogen and oxygen atoms in total. The summed E-state index contributed by atoms with van der Waals surface area (Å²) in [5.74, 6) is -0.434. The van der Waals surface area contributed by atoms with Gasteiger partial charge in [-0.05, 0) is 43.4 Å². The van der Waals surface area contributed by atoms with E-state index in [1.54, 1.807) is 6.92 Å². The molecule has 100 valence electrons. The molecule has 1 aliphatic heterocycles. The molecule has 0 atom stereocenters. The third-order valence-electron chi connectivity index (χ3n) is 3.55. The number of aryl methyl sites for hydroxylation is 3. The van der Waals surface area contributed by atoms with Crippen LogP contribution in [0.25, 0.3) is 0 Å². The lowest BCUT2D eigenvalue weighted by Crippen LogP contribution is -2.32. The smallest absolute Gasteiger partial charge is 0.261 e. The van der Waals surface area contributed by atoms with Gasteiger partial charge in [0.15, 0.2) is 0 Å². The number of hydrogen-bond donors (Lipinski definition) is 0. The Labute approximate surface area is 113 Å². The van der Waals surface area contributed by atoms with Crippen molar-refractivity contribution in [2.75, 3.05) is 4.90 Å². The monoisotopic (exact) mass is 257 g/mol. The zero-order valence-corrected chi connectivity index (χ0v) is 11.9. The first-order valence-corrected chi connectivity index (χ1v) is 6.68. The average Bonchev–Trinajstić information content (AvgIpc) is 2.63. The summed E-state index contributed by atoms with van der Waals surface area (Å²) in [6.07, 6.45) is 3.17. The van der Waals surface area contributed by atoms with Crippen molar-refractivity contribution in [3.05, 3.63) is 40.5 Å². The van der Waals surface area contributed by atoms with E-state index < -0.39 is 0 Å². The normalized spacial score (nSPS) is 15.2. The first-order valence-electron chi connectivity index (χ1n) is 6.68. The summed E-state index contributed by atoms with van der Waals surface area (Å²) in [6.45, 7) is 7.79. The van der Waals surface area contributed by atoms with Gasteiger partial charge in [0.1, 0.15) is 0 Å². The third-order valence-corrected chi connectivity index (χ3v) is 3.55. The first-order chi connectivity index (χ1) is 8.99. The Morgan fingerprint density at radius 2 is 1.74 bits per heavy atom. The number of anilines is 1. The SMILES string of the molecule is CCc1cc(C)c(N2C(=O)C=C(C)C2=O)c(CC)c1. The van der Waals surface area contributed by atoms with Crippen LogP contribution in [0.3, 0.4) is 0 Å². The Morgan fingerprint density at radius 3 is 2.21 bits per heavy atom. The molecule has 0 unspecified atom stereocenters. The highest BCUT2D eigenvalue weighted by Gasteiger charge is 2.32. The molecule has 2 amide bonds. The van der Waals surface area contributed by atoms with E-state index in [1.165, 1.54) is 16.5 Å². The number of rotatable bonds is 3. The standard InChI is InChI=1S/C16H19NO2/c1-5-12-7-10(3)15(13(6-2)9-12)17-14(18)8-11(4)16(17)19/h7-9H,5-6H2,1-4H3. The number of benzene rings is 1. The third kappa shape index (κ3) is 2.21. The predicted octanol–water partition coefficient (Wildman–Crippen LogP) is 2.94. The summed E-state index contributed by atoms with van der Waals surface area (Å²) in [4.78, 5) is 25.4. The van der Waals surface area contributed by atoms with Crippen molar-refractivity contribution < 1.29 is 9.59 Å². The second-order valence-corrected chi connectivity index (χ2v) is 4.93. The first kappa shape index (κ1) is 13.5. The van der Waals surface area contributed by atoms with E-state index in [-0.39, 0.29) is 11.8 Å². The maximum Gasteiger partial charge on any atom is 0.261 e. The number of carbonyl (C=O) groups excluding carboxylic acids is 2. The molecule has 0 spiro atoms. The Hall–Kier alpha value is -1.90. The van der Waals surface area contributed by atoms with Crippen LogP contribution in [0.4, 0.5) is 5.69 Å². The van der Waals surface area contributed by atoms with E-state index in [4.69, 9.17) is 0 Å². The summed E-state index contributed by atoms with van der Waals surface area (Å²) in [6, 6.07) is 4.15. The molecule has 0 aromatic heterocycles. The molecule has 0 saturated heterocycles. The minimum atomic E-state index is -0.232. The van der Waals surface area contributed by atoms with E-state index in [0.717, 1.165) is 29.7 Å². The molecule has 19 heavy (non-hydrogen) atoms. The van der Waals surface area contributed by atoms with Crippen molar-refractivity contribution in [1.29, 1.82) is 0 Å². The van der Waals surface area contributed by atoms with Crippen molar-refractivity contribution in [3.63, 3.8) is 0 Å². The molecule has 0 saturated carbocycles. The van der Waals surface area contributed by atoms with Crippen LogP contribution in [-0.4, -0.2) is 11.8 Å². The lowest BCUT2D eigenvalue weighted by Gasteiger charge is -2.21. The summed E-state index contributed by atoms with van der Waals surface area (Å²) >= 11 is 0. The van der Waals surface area contributed by atoms with Gasteiger partial charge >= 0.3 is 0 Å². The summed E-state index contributed by atoms with van der Waals surface area (Å²) in [5.41, 5.74) is 4.55. The summed E-state index contributed by atoms with van der Waals surface area (Å²) in [7, 11) is 0. The van der Waals surface area contributed by atoms with Gasteiger partial charge in [-0.1, -0.05) is 26.0 Å². The number of nitrogens with zero attached hydrogens (tertiary/aromatic N) is 1. The van der Waals surface area contributed by atoms with Gasteiger partial charge < -0.3 is 0 Å². The second kappa shape index (κ2) is 5.00. The van der Waals surface area contributed by atoms with Gasteiger partial charge in [-0.3, -0.25) is 9.59 Å². The Morgan fingerprint density at radius 1 is 1.05 bits per heavy atom. The van der Waals surface area contributed by atoms with Gasteiger partial charge in [-0.25, -0.2) is 4.90 Å². The van der Waals surface area contributed by atoms with E-state index >= 15 is 0 Å². The zero-order chi connectivity index (χ0) is 14.2. The molecule has 1 aromatic rings. The van der Waals surface area contributed by atoms with Gasteiger partial charge in [0.05, 0.1) is 5.69 Å². The van der Waals surface area contributed by atoms with Gasteiger partial charge in [-0.2, -0.15) is 0 Å². The van der Waals surface area contributed by atoms with Crippen molar-refractivity contribution >= 4 is 17.5 Å². The van der Waals surface area contributed by atoms with Gasteiger partial charge in [0.2, 0.25) is 0 Å². The Kier molecular flexibility index (Phi) is 3.56. The molecule has 1 aromatic carbocycles. The molecule has 0 N–H and O–H groups in total. The van der Waals surface area contributed by atoms with Crippen molar-refractivity contribution in [2.24, 2.45) is 0 Å². The highest BCUT2D eigenvalue weighted by Crippen LogP contribution is 2.31. The van der Waals surface area contributed by atoms with E-state index in [9.17, 15) is 9.59 Å². The van der Waals surface area contributed by atoms with Crippen LogP contribution in [0, 0.1) is 6.92 Å². The number of hydrogen-bond acceptors (Lipinski definition) is 2. The number of amides is 2. The Bertz CT molecular complexity index is 585. The van der Waals surface area contributed by atoms with E-state index in [0.29, 0.717) is 5.57 Å². The van der Waals surface area contributed by atoms with Crippen molar-refractivity contribution in [3.8, 4) is 0 Å². The van der Waals surface area contributed by atoms with Gasteiger partial charge in [-0.15, -0.1) is 0 Å². The summed E-state index contributed by atoms with van der Waals surface area (Å²) < 4.78 is 0. The van der Waals surface area contributed by atoms with Crippen LogP contribution in [0.15, 0.2) is 23.8 Å². The minimum absolute atomic E-state index is 0.202. The van der Waals surface area contributed by atoms with Crippen LogP contribution in [0.1, 0.15) is 37.5 Å². The fraction of sp³-hybridized carbons (Fsp3) is 0.375. The largest absolute Gasteiger partial charge is 0.269 e. The molecule has 0 aliphatic carbocycles. The number of imide groups is 1. The van der Waals surface area contributed by atoms with Crippen LogP contribution < -0.4 is 4.90 Å². The minimum Gasteiger partial charge on any atom is -0.269 e. The van der Waals surface area contributed by atoms with Crippen LogP contribution in [0.2, 0.25) is 0 Å². The highest BCUT2D eigenvalue weighted by atomic mass is 16.2. The Balaban J connectivity index is 2.57. The zero-order valence-electron chi connectivity index (χ0n) is 11.9. The molecule has 1 aliphatic rings. The maximum absolute atomic E-state index is 12.1. The van der Waals surface area contributed by atoms with Crippen molar-refractivity contribution in [1.82, 2.24) is 0 Å². The van der Waals surface area contributed by atoms with Crippen LogP contribution >= 0.6 is 0 Å². The molecular weight excluding hydrogens is 238 g/mol. The molecule has 1 heterocycles. The molecule has 2 rings (SSSR count). The second-order valence-electron chi connectivity index (χ2n) is 4.93. The fourth-order valence-corrected chi connectivity index (χ4v) is 2.53. The fourth-order valence-electron chi connectivity index (χ4n) is 2.53. The highest BCUT2D eigenvalue weighted by molar-refractivity contribution is 6.30.